The van der Waals surface area contributed by atoms with Crippen molar-refractivity contribution in [2.24, 2.45) is 0 Å². The molecular formula is C101H89BN2. The summed E-state index contributed by atoms with van der Waals surface area (Å²) < 4.78 is 0. The van der Waals surface area contributed by atoms with Gasteiger partial charge in [0.2, 0.25) is 0 Å². The van der Waals surface area contributed by atoms with Gasteiger partial charge in [-0.15, -0.1) is 0 Å². The Morgan fingerprint density at radius 3 is 0.856 bits per heavy atom. The second-order valence-corrected chi connectivity index (χ2v) is 33.3. The second-order valence-electron chi connectivity index (χ2n) is 33.3. The van der Waals surface area contributed by atoms with Crippen molar-refractivity contribution in [2.45, 2.75) is 110 Å². The predicted octanol–water partition coefficient (Wildman–Crippen LogP) is 25.3. The highest BCUT2D eigenvalue weighted by Gasteiger charge is 2.51. The lowest BCUT2D eigenvalue weighted by molar-refractivity contribution is 0.568. The van der Waals surface area contributed by atoms with E-state index in [-0.39, 0.29) is 28.4 Å². The molecule has 17 rings (SSSR count). The van der Waals surface area contributed by atoms with E-state index in [4.69, 9.17) is 0 Å². The van der Waals surface area contributed by atoms with Crippen LogP contribution in [0.15, 0.2) is 322 Å². The van der Waals surface area contributed by atoms with Gasteiger partial charge < -0.3 is 9.80 Å². The number of benzene rings is 14. The Balaban J connectivity index is 1.10. The van der Waals surface area contributed by atoms with Gasteiger partial charge in [0.05, 0.1) is 16.8 Å². The molecule has 2 nitrogen and oxygen atoms in total. The van der Waals surface area contributed by atoms with Gasteiger partial charge in [-0.25, -0.2) is 0 Å². The van der Waals surface area contributed by atoms with Crippen LogP contribution in [0.5, 0.6) is 0 Å². The summed E-state index contributed by atoms with van der Waals surface area (Å²) >= 11 is 0. The van der Waals surface area contributed by atoms with Gasteiger partial charge in [-0.05, 0) is 162 Å². The van der Waals surface area contributed by atoms with Crippen molar-refractivity contribution in [3.8, 4) is 77.9 Å². The molecule has 506 valence electrons. The van der Waals surface area contributed by atoms with Gasteiger partial charge >= 0.3 is 0 Å². The fraction of sp³-hybridized carbons (Fsp3) is 0.168. The monoisotopic (exact) mass is 1340 g/mol. The minimum absolute atomic E-state index is 0.105. The zero-order chi connectivity index (χ0) is 71.6. The quantitative estimate of drug-likeness (QED) is 0.126. The number of fused-ring (bicyclic) bond motifs is 7. The molecule has 0 aromatic heterocycles. The molecular weight excluding hydrogens is 1250 g/mol. The molecule has 3 aliphatic rings. The molecule has 14 aromatic carbocycles. The van der Waals surface area contributed by atoms with Gasteiger partial charge in [0.25, 0.3) is 6.71 Å². The third kappa shape index (κ3) is 11.1. The summed E-state index contributed by atoms with van der Waals surface area (Å²) in [4.78, 5) is 5.49. The Morgan fingerprint density at radius 2 is 0.529 bits per heavy atom. The Bertz CT molecular complexity index is 5140. The Hall–Kier alpha value is -11.3. The Morgan fingerprint density at radius 1 is 0.231 bits per heavy atom. The van der Waals surface area contributed by atoms with Crippen LogP contribution >= 0.6 is 0 Å². The maximum absolute atomic E-state index is 2.75. The molecule has 2 heterocycles. The van der Waals surface area contributed by atoms with E-state index < -0.39 is 5.41 Å². The highest BCUT2D eigenvalue weighted by atomic mass is 15.2. The van der Waals surface area contributed by atoms with Gasteiger partial charge in [-0.3, -0.25) is 0 Å². The van der Waals surface area contributed by atoms with E-state index in [0.29, 0.717) is 0 Å². The number of nitrogens with zero attached hydrogens (tertiary/aromatic N) is 2. The maximum atomic E-state index is 2.75. The molecule has 1 aliphatic carbocycles. The molecule has 104 heavy (non-hydrogen) atoms. The lowest BCUT2D eigenvalue weighted by Crippen LogP contribution is -2.61. The molecule has 3 heteroatoms. The summed E-state index contributed by atoms with van der Waals surface area (Å²) in [5, 5.41) is 0. The molecule has 0 bridgehead atoms. The summed E-state index contributed by atoms with van der Waals surface area (Å²) in [5.41, 5.74) is 35.9. The van der Waals surface area contributed by atoms with E-state index >= 15 is 0 Å². The molecule has 0 N–H and O–H groups in total. The third-order valence-corrected chi connectivity index (χ3v) is 22.5. The number of hydrogen-bond acceptors (Lipinski definition) is 2. The van der Waals surface area contributed by atoms with E-state index in [1.165, 1.54) is 94.3 Å². The van der Waals surface area contributed by atoms with Crippen LogP contribution in [0.1, 0.15) is 128 Å². The van der Waals surface area contributed by atoms with Crippen molar-refractivity contribution in [1.29, 1.82) is 0 Å². The van der Waals surface area contributed by atoms with Crippen LogP contribution in [0.3, 0.4) is 0 Å². The predicted molar refractivity (Wildman–Crippen MR) is 445 cm³/mol. The highest BCUT2D eigenvalue weighted by Crippen LogP contribution is 2.60. The summed E-state index contributed by atoms with van der Waals surface area (Å²) in [6, 6.07) is 124. The zero-order valence-corrected chi connectivity index (χ0v) is 62.1. The van der Waals surface area contributed by atoms with Gasteiger partial charge in [0.1, 0.15) is 0 Å². The average molecular weight is 1340 g/mol. The van der Waals surface area contributed by atoms with Crippen LogP contribution in [0.4, 0.5) is 34.1 Å². The van der Waals surface area contributed by atoms with Crippen molar-refractivity contribution in [1.82, 2.24) is 0 Å². The van der Waals surface area contributed by atoms with Crippen molar-refractivity contribution >= 4 is 57.2 Å². The Labute approximate surface area is 617 Å². The highest BCUT2D eigenvalue weighted by molar-refractivity contribution is 7.00. The van der Waals surface area contributed by atoms with Crippen LogP contribution in [0, 0.1) is 0 Å². The van der Waals surface area contributed by atoms with Crippen LogP contribution in [-0.4, -0.2) is 6.71 Å². The number of rotatable bonds is 10. The minimum Gasteiger partial charge on any atom is -0.310 e. The van der Waals surface area contributed by atoms with E-state index in [9.17, 15) is 0 Å². The first kappa shape index (κ1) is 66.0. The van der Waals surface area contributed by atoms with Crippen LogP contribution in [0.25, 0.3) is 77.9 Å². The van der Waals surface area contributed by atoms with Gasteiger partial charge in [-0.1, -0.05) is 380 Å². The van der Waals surface area contributed by atoms with Crippen molar-refractivity contribution in [2.75, 3.05) is 9.80 Å². The van der Waals surface area contributed by atoms with Crippen molar-refractivity contribution < 1.29 is 0 Å². The standard InChI is InChI=1S/C101H89BN2/c1-97(2,3)75-56-72(57-76(62-75)98(4,5)6)70-52-54-88-90(60-70)103(95-80(66-34-18-13-19-35-66)46-32-47-81(95)67-36-20-14-21-37-67)92-64-79(101(74-42-26-17-27-43-74)86-50-30-28-44-84(86)85-45-29-31-51-87(85)101)65-93-94(92)102(88)89-55-53-71(73-58-77(99(7,8)9)63-78(59-73)100(10,11)12)61-91(89)104(93)96-82(68-38-22-15-23-39-68)48-33-49-83(96)69-40-24-16-25-41-69/h13-65H,1-12H3. The van der Waals surface area contributed by atoms with Crippen LogP contribution < -0.4 is 26.2 Å². The molecule has 0 unspecified atom stereocenters. The fourth-order valence-electron chi connectivity index (χ4n) is 17.1. The number of para-hydroxylation sites is 2. The molecule has 0 saturated carbocycles. The first-order valence-electron chi connectivity index (χ1n) is 37.2. The van der Waals surface area contributed by atoms with E-state index in [1.54, 1.807) is 0 Å². The lowest BCUT2D eigenvalue weighted by Gasteiger charge is -2.47. The normalized spacial score (nSPS) is 13.6. The summed E-state index contributed by atoms with van der Waals surface area (Å²) in [6.07, 6.45) is 0. The summed E-state index contributed by atoms with van der Waals surface area (Å²) in [5.74, 6) is 0. The zero-order valence-electron chi connectivity index (χ0n) is 62.1. The first-order valence-corrected chi connectivity index (χ1v) is 37.2. The fourth-order valence-corrected chi connectivity index (χ4v) is 17.1. The van der Waals surface area contributed by atoms with Gasteiger partial charge in [0, 0.05) is 45.0 Å². The minimum atomic E-state index is -0.813. The third-order valence-electron chi connectivity index (χ3n) is 22.5. The largest absolute Gasteiger partial charge is 0.310 e. The summed E-state index contributed by atoms with van der Waals surface area (Å²) in [7, 11) is 0. The molecule has 0 atom stereocenters. The molecule has 0 fully saturated rings. The second kappa shape index (κ2) is 25.0. The molecule has 2 aliphatic heterocycles. The van der Waals surface area contributed by atoms with Crippen LogP contribution in [-0.2, 0) is 27.1 Å². The molecule has 0 saturated heterocycles. The summed E-state index contributed by atoms with van der Waals surface area (Å²) in [6.45, 7) is 28.0. The van der Waals surface area contributed by atoms with E-state index in [2.05, 4.69) is 414 Å². The average Bonchev–Trinajstić information content (AvgIpc) is 1.17. The number of hydrogen-bond donors (Lipinski definition) is 0. The van der Waals surface area contributed by atoms with Crippen molar-refractivity contribution in [3.63, 3.8) is 0 Å². The van der Waals surface area contributed by atoms with E-state index in [1.807, 2.05) is 0 Å². The molecule has 0 spiro atoms. The molecule has 0 radical (unpaired) electrons. The number of anilines is 6. The van der Waals surface area contributed by atoms with Crippen LogP contribution in [0.2, 0.25) is 0 Å². The maximum Gasteiger partial charge on any atom is 0.252 e. The SMILES string of the molecule is CC(C)(C)c1cc(-c2ccc3c(c2)N(c2c(-c4ccccc4)cccc2-c2ccccc2)c2cc(C4(c5ccccc5)c5ccccc5-c5ccccc54)cc4c2B3c2ccc(-c3cc(C(C)(C)C)cc(C(C)(C)C)c3)cc2N4c2c(-c3ccccc3)cccc2-c2ccccc2)cc(C(C)(C)C)c1. The van der Waals surface area contributed by atoms with Gasteiger partial charge in [0.15, 0.2) is 0 Å². The smallest absolute Gasteiger partial charge is 0.252 e. The first-order chi connectivity index (χ1) is 50.1. The topological polar surface area (TPSA) is 6.48 Å². The lowest BCUT2D eigenvalue weighted by atomic mass is 9.33. The molecule has 0 amide bonds. The van der Waals surface area contributed by atoms with Crippen molar-refractivity contribution in [3.05, 3.63) is 366 Å². The van der Waals surface area contributed by atoms with E-state index in [0.717, 1.165) is 78.6 Å². The van der Waals surface area contributed by atoms with Gasteiger partial charge in [-0.2, -0.15) is 0 Å². The Kier molecular flexibility index (Phi) is 15.9. The molecule has 14 aromatic rings.